The molecular weight excluding hydrogens is 208 g/mol. The van der Waals surface area contributed by atoms with Crippen LogP contribution in [0.1, 0.15) is 0 Å². The fraction of sp³-hybridized carbons (Fsp3) is 0. The molecule has 2 N–H and O–H groups in total. The molecule has 0 saturated heterocycles. The van der Waals surface area contributed by atoms with Crippen LogP contribution in [0, 0.1) is 0 Å². The molecule has 0 aliphatic rings. The summed E-state index contributed by atoms with van der Waals surface area (Å²) in [5, 5.41) is 1.01. The molecule has 2 aromatic carbocycles. The van der Waals surface area contributed by atoms with Gasteiger partial charge in [0, 0.05) is 17.3 Å². The number of benzene rings is 2. The van der Waals surface area contributed by atoms with Crippen molar-refractivity contribution in [1.82, 2.24) is 4.98 Å². The SMILES string of the molecule is Nc1ccnc2ccc(-c3ccccc3)cc12. The van der Waals surface area contributed by atoms with E-state index in [0.29, 0.717) is 0 Å². The van der Waals surface area contributed by atoms with E-state index in [-0.39, 0.29) is 0 Å². The predicted molar refractivity (Wildman–Crippen MR) is 71.6 cm³/mol. The van der Waals surface area contributed by atoms with Gasteiger partial charge in [-0.15, -0.1) is 0 Å². The molecule has 0 amide bonds. The molecule has 0 atom stereocenters. The molecule has 0 bridgehead atoms. The summed E-state index contributed by atoms with van der Waals surface area (Å²) >= 11 is 0. The van der Waals surface area contributed by atoms with Crippen LogP contribution in [0.5, 0.6) is 0 Å². The number of pyridine rings is 1. The first kappa shape index (κ1) is 9.85. The fourth-order valence-electron chi connectivity index (χ4n) is 1.98. The van der Waals surface area contributed by atoms with Crippen molar-refractivity contribution in [3.63, 3.8) is 0 Å². The minimum atomic E-state index is 0.771. The van der Waals surface area contributed by atoms with Crippen LogP contribution >= 0.6 is 0 Å². The highest BCUT2D eigenvalue weighted by atomic mass is 14.7. The molecule has 17 heavy (non-hydrogen) atoms. The minimum Gasteiger partial charge on any atom is -0.398 e. The molecule has 1 aromatic heterocycles. The Bertz CT molecular complexity index is 660. The highest BCUT2D eigenvalue weighted by Crippen LogP contribution is 2.26. The van der Waals surface area contributed by atoms with Crippen LogP contribution in [0.2, 0.25) is 0 Å². The Morgan fingerprint density at radius 1 is 0.824 bits per heavy atom. The van der Waals surface area contributed by atoms with Gasteiger partial charge in [0.1, 0.15) is 0 Å². The zero-order chi connectivity index (χ0) is 11.7. The van der Waals surface area contributed by atoms with Gasteiger partial charge in [-0.1, -0.05) is 36.4 Å². The number of aromatic nitrogens is 1. The molecule has 1 heterocycles. The average molecular weight is 220 g/mol. The predicted octanol–water partition coefficient (Wildman–Crippen LogP) is 3.48. The van der Waals surface area contributed by atoms with Crippen molar-refractivity contribution in [2.45, 2.75) is 0 Å². The van der Waals surface area contributed by atoms with E-state index in [2.05, 4.69) is 29.2 Å². The summed E-state index contributed by atoms with van der Waals surface area (Å²) in [5.41, 5.74) is 10.0. The largest absolute Gasteiger partial charge is 0.398 e. The zero-order valence-electron chi connectivity index (χ0n) is 9.30. The topological polar surface area (TPSA) is 38.9 Å². The monoisotopic (exact) mass is 220 g/mol. The third-order valence-electron chi connectivity index (χ3n) is 2.88. The third kappa shape index (κ3) is 1.74. The molecule has 0 radical (unpaired) electrons. The minimum absolute atomic E-state index is 0.771. The van der Waals surface area contributed by atoms with Gasteiger partial charge in [-0.05, 0) is 29.3 Å². The van der Waals surface area contributed by atoms with Crippen LogP contribution in [0.4, 0.5) is 5.69 Å². The van der Waals surface area contributed by atoms with E-state index in [1.54, 1.807) is 6.20 Å². The zero-order valence-corrected chi connectivity index (χ0v) is 9.30. The van der Waals surface area contributed by atoms with Gasteiger partial charge in [0.05, 0.1) is 5.52 Å². The van der Waals surface area contributed by atoms with Gasteiger partial charge in [0.15, 0.2) is 0 Å². The van der Waals surface area contributed by atoms with Gasteiger partial charge >= 0.3 is 0 Å². The molecule has 82 valence electrons. The van der Waals surface area contributed by atoms with Crippen LogP contribution in [-0.4, -0.2) is 4.98 Å². The Morgan fingerprint density at radius 3 is 2.47 bits per heavy atom. The van der Waals surface area contributed by atoms with Gasteiger partial charge < -0.3 is 5.73 Å². The summed E-state index contributed by atoms with van der Waals surface area (Å²) in [6.45, 7) is 0. The van der Waals surface area contributed by atoms with Crippen LogP contribution in [0.3, 0.4) is 0 Å². The van der Waals surface area contributed by atoms with Gasteiger partial charge in [-0.2, -0.15) is 0 Å². The van der Waals surface area contributed by atoms with Crippen molar-refractivity contribution >= 4 is 16.6 Å². The fourth-order valence-corrected chi connectivity index (χ4v) is 1.98. The number of anilines is 1. The number of rotatable bonds is 1. The molecule has 2 heteroatoms. The Balaban J connectivity index is 2.23. The molecule has 3 aromatic rings. The van der Waals surface area contributed by atoms with Crippen molar-refractivity contribution in [1.29, 1.82) is 0 Å². The van der Waals surface area contributed by atoms with E-state index in [9.17, 15) is 0 Å². The number of hydrogen-bond donors (Lipinski definition) is 1. The lowest BCUT2D eigenvalue weighted by atomic mass is 10.0. The number of fused-ring (bicyclic) bond motifs is 1. The Kier molecular flexibility index (Phi) is 2.26. The van der Waals surface area contributed by atoms with E-state index in [4.69, 9.17) is 5.73 Å². The quantitative estimate of drug-likeness (QED) is 0.681. The lowest BCUT2D eigenvalue weighted by Gasteiger charge is -2.05. The molecule has 0 aliphatic heterocycles. The Hall–Kier alpha value is -2.35. The van der Waals surface area contributed by atoms with E-state index < -0.39 is 0 Å². The second-order valence-electron chi connectivity index (χ2n) is 4.00. The molecular formula is C15H12N2. The maximum Gasteiger partial charge on any atom is 0.0723 e. The highest BCUT2D eigenvalue weighted by molar-refractivity contribution is 5.93. The Morgan fingerprint density at radius 2 is 1.65 bits per heavy atom. The maximum atomic E-state index is 5.96. The summed E-state index contributed by atoms with van der Waals surface area (Å²) in [6, 6.07) is 18.3. The van der Waals surface area contributed by atoms with Crippen molar-refractivity contribution in [2.24, 2.45) is 0 Å². The number of nitrogens with two attached hydrogens (primary N) is 1. The van der Waals surface area contributed by atoms with Crippen molar-refractivity contribution < 1.29 is 0 Å². The van der Waals surface area contributed by atoms with Crippen LogP contribution < -0.4 is 5.73 Å². The summed E-state index contributed by atoms with van der Waals surface area (Å²) in [4.78, 5) is 4.30. The average Bonchev–Trinajstić information content (AvgIpc) is 2.40. The van der Waals surface area contributed by atoms with Crippen LogP contribution in [0.25, 0.3) is 22.0 Å². The van der Waals surface area contributed by atoms with Gasteiger partial charge in [0.25, 0.3) is 0 Å². The van der Waals surface area contributed by atoms with Crippen molar-refractivity contribution in [3.05, 3.63) is 60.8 Å². The molecule has 0 spiro atoms. The van der Waals surface area contributed by atoms with Gasteiger partial charge in [-0.25, -0.2) is 0 Å². The van der Waals surface area contributed by atoms with E-state index in [1.807, 2.05) is 30.3 Å². The summed E-state index contributed by atoms with van der Waals surface area (Å²) in [5.74, 6) is 0. The van der Waals surface area contributed by atoms with Crippen LogP contribution in [0.15, 0.2) is 60.8 Å². The van der Waals surface area contributed by atoms with Gasteiger partial charge in [-0.3, -0.25) is 4.98 Å². The van der Waals surface area contributed by atoms with E-state index in [1.165, 1.54) is 5.56 Å². The lowest BCUT2D eigenvalue weighted by molar-refractivity contribution is 1.41. The van der Waals surface area contributed by atoms with E-state index in [0.717, 1.165) is 22.2 Å². The number of hydrogen-bond acceptors (Lipinski definition) is 2. The molecule has 0 fully saturated rings. The standard InChI is InChI=1S/C15H12N2/c16-14-8-9-17-15-7-6-12(10-13(14)15)11-4-2-1-3-5-11/h1-10H,(H2,16,17). The molecule has 3 rings (SSSR count). The molecule has 0 unspecified atom stereocenters. The first-order valence-corrected chi connectivity index (χ1v) is 5.54. The lowest BCUT2D eigenvalue weighted by Crippen LogP contribution is -1.89. The van der Waals surface area contributed by atoms with Crippen molar-refractivity contribution in [2.75, 3.05) is 5.73 Å². The second-order valence-corrected chi connectivity index (χ2v) is 4.00. The highest BCUT2D eigenvalue weighted by Gasteiger charge is 2.02. The maximum absolute atomic E-state index is 5.96. The summed E-state index contributed by atoms with van der Waals surface area (Å²) in [7, 11) is 0. The number of nitrogens with zero attached hydrogens (tertiary/aromatic N) is 1. The molecule has 0 aliphatic carbocycles. The molecule has 0 saturated carbocycles. The normalized spacial score (nSPS) is 10.6. The van der Waals surface area contributed by atoms with Gasteiger partial charge in [0.2, 0.25) is 0 Å². The second kappa shape index (κ2) is 3.91. The van der Waals surface area contributed by atoms with E-state index >= 15 is 0 Å². The van der Waals surface area contributed by atoms with Crippen molar-refractivity contribution in [3.8, 4) is 11.1 Å². The summed E-state index contributed by atoms with van der Waals surface area (Å²) in [6.07, 6.45) is 1.74. The molecule has 2 nitrogen and oxygen atoms in total. The number of nitrogen functional groups attached to an aromatic ring is 1. The first-order chi connectivity index (χ1) is 8.34. The smallest absolute Gasteiger partial charge is 0.0723 e. The van der Waals surface area contributed by atoms with Crippen LogP contribution in [-0.2, 0) is 0 Å². The third-order valence-corrected chi connectivity index (χ3v) is 2.88. The summed E-state index contributed by atoms with van der Waals surface area (Å²) < 4.78 is 0. The first-order valence-electron chi connectivity index (χ1n) is 5.54. The Labute approximate surface area is 99.7 Å².